The fraction of sp³-hybridized carbons (Fsp3) is 0.130. The maximum atomic E-state index is 13.4. The quantitative estimate of drug-likeness (QED) is 0.417. The van der Waals surface area contributed by atoms with Gasteiger partial charge in [0.2, 0.25) is 12.7 Å². The van der Waals surface area contributed by atoms with Gasteiger partial charge in [0.05, 0.1) is 22.7 Å². The van der Waals surface area contributed by atoms with E-state index in [2.05, 4.69) is 4.98 Å². The number of amides is 1. The molecule has 7 heteroatoms. The molecule has 1 aliphatic heterocycles. The van der Waals surface area contributed by atoms with E-state index in [0.29, 0.717) is 33.7 Å². The van der Waals surface area contributed by atoms with E-state index < -0.39 is 0 Å². The van der Waals surface area contributed by atoms with Crippen molar-refractivity contribution in [2.45, 2.75) is 13.0 Å². The zero-order chi connectivity index (χ0) is 20.5. The molecule has 1 aromatic heterocycles. The standard InChI is InChI=1S/C23H17ClN2O3S/c24-17-7-4-8-20-22(17)25-23(30-20)26(13-15-5-2-1-3-6-15)21(27)12-16-9-10-18-19(11-16)29-14-28-18/h1-11H,12-14H2. The van der Waals surface area contributed by atoms with Crippen LogP contribution in [0.3, 0.4) is 0 Å². The normalized spacial score (nSPS) is 12.3. The van der Waals surface area contributed by atoms with E-state index in [9.17, 15) is 4.79 Å². The molecule has 0 atom stereocenters. The summed E-state index contributed by atoms with van der Waals surface area (Å²) in [6.07, 6.45) is 0.229. The third kappa shape index (κ3) is 3.72. The summed E-state index contributed by atoms with van der Waals surface area (Å²) in [5, 5.41) is 1.21. The molecule has 1 aliphatic rings. The van der Waals surface area contributed by atoms with Gasteiger partial charge in [0.1, 0.15) is 5.52 Å². The second-order valence-electron chi connectivity index (χ2n) is 6.91. The van der Waals surface area contributed by atoms with Gasteiger partial charge in [-0.3, -0.25) is 9.69 Å². The number of aromatic nitrogens is 1. The van der Waals surface area contributed by atoms with Gasteiger partial charge in [-0.2, -0.15) is 0 Å². The molecular formula is C23H17ClN2O3S. The molecule has 3 aromatic carbocycles. The number of anilines is 1. The molecule has 2 heterocycles. The minimum absolute atomic E-state index is 0.0482. The number of carbonyl (C=O) groups is 1. The van der Waals surface area contributed by atoms with Gasteiger partial charge < -0.3 is 9.47 Å². The Labute approximate surface area is 182 Å². The zero-order valence-corrected chi connectivity index (χ0v) is 17.4. The number of ether oxygens (including phenoxy) is 2. The molecule has 0 fully saturated rings. The van der Waals surface area contributed by atoms with Crippen LogP contribution in [0.15, 0.2) is 66.7 Å². The first-order valence-corrected chi connectivity index (χ1v) is 10.6. The van der Waals surface area contributed by atoms with E-state index in [0.717, 1.165) is 15.8 Å². The topological polar surface area (TPSA) is 51.7 Å². The van der Waals surface area contributed by atoms with Crippen molar-refractivity contribution < 1.29 is 14.3 Å². The largest absolute Gasteiger partial charge is 0.454 e. The molecule has 0 N–H and O–H groups in total. The molecule has 0 spiro atoms. The van der Waals surface area contributed by atoms with Crippen LogP contribution in [0.4, 0.5) is 5.13 Å². The van der Waals surface area contributed by atoms with Crippen LogP contribution in [0.5, 0.6) is 11.5 Å². The van der Waals surface area contributed by atoms with Gasteiger partial charge in [-0.1, -0.05) is 65.4 Å². The minimum atomic E-state index is -0.0482. The summed E-state index contributed by atoms with van der Waals surface area (Å²) in [5.41, 5.74) is 2.61. The first-order chi connectivity index (χ1) is 14.7. The van der Waals surface area contributed by atoms with Crippen LogP contribution in [-0.2, 0) is 17.8 Å². The van der Waals surface area contributed by atoms with Crippen LogP contribution in [0.1, 0.15) is 11.1 Å². The Hall–Kier alpha value is -3.09. The summed E-state index contributed by atoms with van der Waals surface area (Å²) >= 11 is 7.78. The maximum absolute atomic E-state index is 13.4. The number of rotatable bonds is 5. The van der Waals surface area contributed by atoms with E-state index in [1.807, 2.05) is 66.7 Å². The Morgan fingerprint density at radius 1 is 1.00 bits per heavy atom. The van der Waals surface area contributed by atoms with E-state index in [1.165, 1.54) is 11.3 Å². The lowest BCUT2D eigenvalue weighted by molar-refractivity contribution is -0.118. The second kappa shape index (κ2) is 7.97. The molecule has 0 radical (unpaired) electrons. The molecule has 0 saturated heterocycles. The Balaban J connectivity index is 1.48. The average molecular weight is 437 g/mol. The van der Waals surface area contributed by atoms with E-state index in [-0.39, 0.29) is 19.1 Å². The number of nitrogens with zero attached hydrogens (tertiary/aromatic N) is 2. The molecule has 5 rings (SSSR count). The molecule has 4 aromatic rings. The average Bonchev–Trinajstić information content (AvgIpc) is 3.40. The van der Waals surface area contributed by atoms with Crippen molar-refractivity contribution in [1.29, 1.82) is 0 Å². The fourth-order valence-corrected chi connectivity index (χ4v) is 4.65. The minimum Gasteiger partial charge on any atom is -0.454 e. The highest BCUT2D eigenvalue weighted by molar-refractivity contribution is 7.22. The number of thiazole rings is 1. The maximum Gasteiger partial charge on any atom is 0.233 e. The first kappa shape index (κ1) is 18.9. The van der Waals surface area contributed by atoms with Crippen molar-refractivity contribution in [3.05, 3.63) is 82.9 Å². The van der Waals surface area contributed by atoms with Crippen LogP contribution >= 0.6 is 22.9 Å². The second-order valence-corrected chi connectivity index (χ2v) is 8.33. The molecular weight excluding hydrogens is 420 g/mol. The lowest BCUT2D eigenvalue weighted by Gasteiger charge is -2.20. The van der Waals surface area contributed by atoms with Crippen molar-refractivity contribution in [3.63, 3.8) is 0 Å². The SMILES string of the molecule is O=C(Cc1ccc2c(c1)OCO2)N(Cc1ccccc1)c1nc2c(Cl)cccc2s1. The Morgan fingerprint density at radius 2 is 1.83 bits per heavy atom. The Kier molecular flexibility index (Phi) is 5.02. The van der Waals surface area contributed by atoms with Gasteiger partial charge in [0.25, 0.3) is 0 Å². The summed E-state index contributed by atoms with van der Waals surface area (Å²) in [4.78, 5) is 19.8. The molecule has 0 unspecified atom stereocenters. The highest BCUT2D eigenvalue weighted by Crippen LogP contribution is 2.35. The van der Waals surface area contributed by atoms with Crippen molar-refractivity contribution in [3.8, 4) is 11.5 Å². The van der Waals surface area contributed by atoms with Crippen LogP contribution < -0.4 is 14.4 Å². The third-order valence-electron chi connectivity index (χ3n) is 4.87. The Bertz CT molecular complexity index is 1230. The van der Waals surface area contributed by atoms with Gasteiger partial charge in [-0.05, 0) is 35.4 Å². The lowest BCUT2D eigenvalue weighted by atomic mass is 10.1. The summed E-state index contributed by atoms with van der Waals surface area (Å²) in [5.74, 6) is 1.32. The number of carbonyl (C=O) groups excluding carboxylic acids is 1. The van der Waals surface area contributed by atoms with Gasteiger partial charge in [-0.25, -0.2) is 4.98 Å². The van der Waals surface area contributed by atoms with Gasteiger partial charge in [0, 0.05) is 0 Å². The van der Waals surface area contributed by atoms with Gasteiger partial charge >= 0.3 is 0 Å². The van der Waals surface area contributed by atoms with Gasteiger partial charge in [0.15, 0.2) is 16.6 Å². The van der Waals surface area contributed by atoms with Crippen LogP contribution in [0, 0.1) is 0 Å². The third-order valence-corrected chi connectivity index (χ3v) is 6.21. The van der Waals surface area contributed by atoms with Crippen molar-refractivity contribution in [2.75, 3.05) is 11.7 Å². The zero-order valence-electron chi connectivity index (χ0n) is 15.9. The predicted octanol–water partition coefficient (Wildman–Crippen LogP) is 5.45. The highest BCUT2D eigenvalue weighted by Gasteiger charge is 2.22. The molecule has 0 bridgehead atoms. The van der Waals surface area contributed by atoms with Crippen LogP contribution in [-0.4, -0.2) is 17.7 Å². The number of fused-ring (bicyclic) bond motifs is 2. The van der Waals surface area contributed by atoms with Crippen molar-refractivity contribution >= 4 is 44.2 Å². The molecule has 0 saturated carbocycles. The summed E-state index contributed by atoms with van der Waals surface area (Å²) in [6.45, 7) is 0.640. The number of halogens is 1. The number of para-hydroxylation sites is 1. The smallest absolute Gasteiger partial charge is 0.233 e. The molecule has 150 valence electrons. The van der Waals surface area contributed by atoms with E-state index in [1.54, 1.807) is 4.90 Å². The number of hydrogen-bond donors (Lipinski definition) is 0. The summed E-state index contributed by atoms with van der Waals surface area (Å²) < 4.78 is 11.8. The van der Waals surface area contributed by atoms with Crippen LogP contribution in [0.25, 0.3) is 10.2 Å². The van der Waals surface area contributed by atoms with Crippen molar-refractivity contribution in [2.24, 2.45) is 0 Å². The molecule has 30 heavy (non-hydrogen) atoms. The summed E-state index contributed by atoms with van der Waals surface area (Å²) in [6, 6.07) is 21.1. The summed E-state index contributed by atoms with van der Waals surface area (Å²) in [7, 11) is 0. The fourth-order valence-electron chi connectivity index (χ4n) is 3.37. The number of hydrogen-bond acceptors (Lipinski definition) is 5. The molecule has 1 amide bonds. The monoisotopic (exact) mass is 436 g/mol. The first-order valence-electron chi connectivity index (χ1n) is 9.45. The molecule has 5 nitrogen and oxygen atoms in total. The van der Waals surface area contributed by atoms with Gasteiger partial charge in [-0.15, -0.1) is 0 Å². The molecule has 0 aliphatic carbocycles. The van der Waals surface area contributed by atoms with E-state index >= 15 is 0 Å². The van der Waals surface area contributed by atoms with Crippen LogP contribution in [0.2, 0.25) is 5.02 Å². The lowest BCUT2D eigenvalue weighted by Crippen LogP contribution is -2.31. The Morgan fingerprint density at radius 3 is 2.67 bits per heavy atom. The highest BCUT2D eigenvalue weighted by atomic mass is 35.5. The number of benzene rings is 3. The van der Waals surface area contributed by atoms with E-state index in [4.69, 9.17) is 21.1 Å². The predicted molar refractivity (Wildman–Crippen MR) is 119 cm³/mol. The van der Waals surface area contributed by atoms with Crippen molar-refractivity contribution in [1.82, 2.24) is 4.98 Å².